The van der Waals surface area contributed by atoms with Gasteiger partial charge in [0.2, 0.25) is 5.91 Å². The van der Waals surface area contributed by atoms with Crippen molar-refractivity contribution in [3.05, 3.63) is 28.8 Å². The molecule has 0 heterocycles. The van der Waals surface area contributed by atoms with Crippen LogP contribution in [0.15, 0.2) is 18.2 Å². The summed E-state index contributed by atoms with van der Waals surface area (Å²) in [7, 11) is 1.90. The van der Waals surface area contributed by atoms with Gasteiger partial charge in [-0.1, -0.05) is 11.6 Å². The van der Waals surface area contributed by atoms with Crippen LogP contribution in [0.1, 0.15) is 24.8 Å². The predicted octanol–water partition coefficient (Wildman–Crippen LogP) is 2.95. The fourth-order valence-electron chi connectivity index (χ4n) is 1.71. The minimum absolute atomic E-state index is 0. The molecule has 0 atom stereocenters. The Labute approximate surface area is 138 Å². The van der Waals surface area contributed by atoms with Gasteiger partial charge in [0.15, 0.2) is 0 Å². The second-order valence-electron chi connectivity index (χ2n) is 4.67. The van der Waals surface area contributed by atoms with Crippen LogP contribution in [0, 0.1) is 6.92 Å². The van der Waals surface area contributed by atoms with Crippen molar-refractivity contribution in [1.82, 2.24) is 10.6 Å². The molecule has 1 aromatic rings. The summed E-state index contributed by atoms with van der Waals surface area (Å²) >= 11 is 5.94. The summed E-state index contributed by atoms with van der Waals surface area (Å²) < 4.78 is 5.59. The van der Waals surface area contributed by atoms with Gasteiger partial charge in [-0.2, -0.15) is 0 Å². The Bertz CT molecular complexity index is 428. The average molecular weight is 335 g/mol. The highest BCUT2D eigenvalue weighted by atomic mass is 35.5. The maximum absolute atomic E-state index is 11.5. The summed E-state index contributed by atoms with van der Waals surface area (Å²) in [5.74, 6) is 0.873. The van der Waals surface area contributed by atoms with Crippen LogP contribution in [0.2, 0.25) is 5.02 Å². The van der Waals surface area contributed by atoms with Crippen molar-refractivity contribution in [2.75, 3.05) is 26.7 Å². The van der Waals surface area contributed by atoms with Crippen LogP contribution in [0.3, 0.4) is 0 Å². The Morgan fingerprint density at radius 1 is 1.29 bits per heavy atom. The molecule has 0 saturated heterocycles. The lowest BCUT2D eigenvalue weighted by Crippen LogP contribution is -2.26. The average Bonchev–Trinajstić information content (AvgIpc) is 2.43. The molecule has 0 aliphatic rings. The number of nitrogens with one attached hydrogen (secondary N) is 2. The Balaban J connectivity index is 0.00000400. The van der Waals surface area contributed by atoms with Gasteiger partial charge in [-0.3, -0.25) is 4.79 Å². The van der Waals surface area contributed by atoms with Gasteiger partial charge < -0.3 is 15.4 Å². The van der Waals surface area contributed by atoms with Crippen LogP contribution in [-0.2, 0) is 4.79 Å². The van der Waals surface area contributed by atoms with E-state index >= 15 is 0 Å². The van der Waals surface area contributed by atoms with E-state index in [1.165, 1.54) is 0 Å². The first kappa shape index (κ1) is 20.0. The Morgan fingerprint density at radius 2 is 2.05 bits per heavy atom. The van der Waals surface area contributed by atoms with Crippen LogP contribution in [0.4, 0.5) is 0 Å². The number of halogens is 2. The zero-order chi connectivity index (χ0) is 14.8. The molecule has 0 spiro atoms. The van der Waals surface area contributed by atoms with Crippen LogP contribution in [-0.4, -0.2) is 32.7 Å². The van der Waals surface area contributed by atoms with E-state index in [-0.39, 0.29) is 18.3 Å². The summed E-state index contributed by atoms with van der Waals surface area (Å²) in [6, 6.07) is 5.56. The highest BCUT2D eigenvalue weighted by molar-refractivity contribution is 6.31. The molecule has 0 saturated carbocycles. The number of hydrogen-bond donors (Lipinski definition) is 2. The maximum atomic E-state index is 11.5. The maximum Gasteiger partial charge on any atom is 0.220 e. The zero-order valence-electron chi connectivity index (χ0n) is 12.6. The Morgan fingerprint density at radius 3 is 2.71 bits per heavy atom. The predicted molar refractivity (Wildman–Crippen MR) is 89.7 cm³/mol. The molecular formula is C15H24Cl2N2O2. The standard InChI is InChI=1S/C15H23ClN2O2.ClH/c1-12-11-13(6-7-14(12)16)20-10-3-5-15(19)18-9-4-8-17-2;/h6-7,11,17H,3-5,8-10H2,1-2H3,(H,18,19);1H. The quantitative estimate of drug-likeness (QED) is 0.682. The first-order valence-corrected chi connectivity index (χ1v) is 7.31. The molecule has 0 aliphatic heterocycles. The van der Waals surface area contributed by atoms with E-state index in [0.29, 0.717) is 19.4 Å². The number of carbonyl (C=O) groups excluding carboxylic acids is 1. The van der Waals surface area contributed by atoms with Gasteiger partial charge in [0.05, 0.1) is 6.61 Å². The van der Waals surface area contributed by atoms with E-state index in [9.17, 15) is 4.79 Å². The highest BCUT2D eigenvalue weighted by Gasteiger charge is 2.02. The number of aryl methyl sites for hydroxylation is 1. The molecule has 0 radical (unpaired) electrons. The van der Waals surface area contributed by atoms with Crippen molar-refractivity contribution in [3.8, 4) is 5.75 Å². The number of rotatable bonds is 9. The van der Waals surface area contributed by atoms with Gasteiger partial charge in [0.1, 0.15) is 5.75 Å². The van der Waals surface area contributed by atoms with Gasteiger partial charge in [0.25, 0.3) is 0 Å². The van der Waals surface area contributed by atoms with E-state index < -0.39 is 0 Å². The van der Waals surface area contributed by atoms with Gasteiger partial charge >= 0.3 is 0 Å². The summed E-state index contributed by atoms with van der Waals surface area (Å²) in [6.45, 7) is 4.11. The van der Waals surface area contributed by atoms with Crippen molar-refractivity contribution >= 4 is 29.9 Å². The van der Waals surface area contributed by atoms with E-state index in [1.807, 2.05) is 32.2 Å². The van der Waals surface area contributed by atoms with Gasteiger partial charge in [-0.25, -0.2) is 0 Å². The number of amides is 1. The highest BCUT2D eigenvalue weighted by Crippen LogP contribution is 2.21. The van der Waals surface area contributed by atoms with E-state index in [1.54, 1.807) is 0 Å². The topological polar surface area (TPSA) is 50.4 Å². The second kappa shape index (κ2) is 11.7. The first-order valence-electron chi connectivity index (χ1n) is 6.93. The van der Waals surface area contributed by atoms with Crippen LogP contribution < -0.4 is 15.4 Å². The van der Waals surface area contributed by atoms with Crippen LogP contribution in [0.25, 0.3) is 0 Å². The van der Waals surface area contributed by atoms with E-state index in [2.05, 4.69) is 10.6 Å². The molecule has 4 nitrogen and oxygen atoms in total. The molecule has 21 heavy (non-hydrogen) atoms. The largest absolute Gasteiger partial charge is 0.494 e. The smallest absolute Gasteiger partial charge is 0.220 e. The molecule has 1 amide bonds. The van der Waals surface area contributed by atoms with Gasteiger partial charge in [-0.05, 0) is 57.1 Å². The van der Waals surface area contributed by atoms with Crippen LogP contribution in [0.5, 0.6) is 5.75 Å². The van der Waals surface area contributed by atoms with Crippen molar-refractivity contribution in [2.24, 2.45) is 0 Å². The van der Waals surface area contributed by atoms with Crippen molar-refractivity contribution in [1.29, 1.82) is 0 Å². The first-order chi connectivity index (χ1) is 9.63. The summed E-state index contributed by atoms with van der Waals surface area (Å²) in [6.07, 6.45) is 2.15. The fraction of sp³-hybridized carbons (Fsp3) is 0.533. The normalized spacial score (nSPS) is 9.86. The third kappa shape index (κ3) is 8.81. The molecular weight excluding hydrogens is 311 g/mol. The van der Waals surface area contributed by atoms with Crippen molar-refractivity contribution in [3.63, 3.8) is 0 Å². The minimum Gasteiger partial charge on any atom is -0.494 e. The van der Waals surface area contributed by atoms with Crippen molar-refractivity contribution < 1.29 is 9.53 Å². The molecule has 1 rings (SSSR count). The van der Waals surface area contributed by atoms with E-state index in [0.717, 1.165) is 35.8 Å². The van der Waals surface area contributed by atoms with Gasteiger partial charge in [0, 0.05) is 18.0 Å². The molecule has 0 aromatic heterocycles. The van der Waals surface area contributed by atoms with Gasteiger partial charge in [-0.15, -0.1) is 12.4 Å². The molecule has 0 aliphatic carbocycles. The number of benzene rings is 1. The molecule has 1 aromatic carbocycles. The number of ether oxygens (including phenoxy) is 1. The molecule has 120 valence electrons. The fourth-order valence-corrected chi connectivity index (χ4v) is 1.83. The summed E-state index contributed by atoms with van der Waals surface area (Å²) in [5.41, 5.74) is 0.992. The Kier molecular flexibility index (Phi) is 11.1. The minimum atomic E-state index is 0. The monoisotopic (exact) mass is 334 g/mol. The lowest BCUT2D eigenvalue weighted by atomic mass is 10.2. The third-order valence-corrected chi connectivity index (χ3v) is 3.30. The molecule has 0 fully saturated rings. The SMILES string of the molecule is CNCCCNC(=O)CCCOc1ccc(Cl)c(C)c1.Cl. The Hall–Kier alpha value is -0.970. The van der Waals surface area contributed by atoms with Crippen LogP contribution >= 0.6 is 24.0 Å². The zero-order valence-corrected chi connectivity index (χ0v) is 14.1. The van der Waals surface area contributed by atoms with Crippen molar-refractivity contribution in [2.45, 2.75) is 26.2 Å². The van der Waals surface area contributed by atoms with E-state index in [4.69, 9.17) is 16.3 Å². The summed E-state index contributed by atoms with van der Waals surface area (Å²) in [5, 5.41) is 6.65. The third-order valence-electron chi connectivity index (χ3n) is 2.87. The lowest BCUT2D eigenvalue weighted by molar-refractivity contribution is -0.121. The molecule has 0 unspecified atom stereocenters. The molecule has 0 bridgehead atoms. The number of carbonyl (C=O) groups is 1. The number of hydrogen-bond acceptors (Lipinski definition) is 3. The molecule has 6 heteroatoms. The lowest BCUT2D eigenvalue weighted by Gasteiger charge is -2.08. The molecule has 2 N–H and O–H groups in total. The second-order valence-corrected chi connectivity index (χ2v) is 5.08. The summed E-state index contributed by atoms with van der Waals surface area (Å²) in [4.78, 5) is 11.5.